The second kappa shape index (κ2) is 6.05. The molecule has 0 saturated heterocycles. The first-order valence-electron chi connectivity index (χ1n) is 9.80. The van der Waals surface area contributed by atoms with Gasteiger partial charge in [-0.3, -0.25) is 0 Å². The molecule has 1 heterocycles. The zero-order valence-corrected chi connectivity index (χ0v) is 15.6. The van der Waals surface area contributed by atoms with Crippen molar-refractivity contribution in [1.82, 2.24) is 4.98 Å². The molecule has 0 atom stereocenters. The molecule has 2 nitrogen and oxygen atoms in total. The van der Waals surface area contributed by atoms with Gasteiger partial charge in [0.1, 0.15) is 0 Å². The van der Waals surface area contributed by atoms with Crippen LogP contribution >= 0.6 is 0 Å². The van der Waals surface area contributed by atoms with Crippen molar-refractivity contribution >= 4 is 0 Å². The number of hydrogen-bond acceptors (Lipinski definition) is 1. The number of fused-ring (bicyclic) bond motifs is 3. The normalized spacial score (nSPS) is 15.9. The summed E-state index contributed by atoms with van der Waals surface area (Å²) in [6, 6.07) is 15.4. The Kier molecular flexibility index (Phi) is 3.66. The third kappa shape index (κ3) is 2.39. The van der Waals surface area contributed by atoms with Gasteiger partial charge in [0.15, 0.2) is 5.69 Å². The van der Waals surface area contributed by atoms with Crippen molar-refractivity contribution in [1.29, 1.82) is 0 Å². The van der Waals surface area contributed by atoms with Crippen LogP contribution in [0.2, 0.25) is 0 Å². The van der Waals surface area contributed by atoms with E-state index in [1.807, 2.05) is 0 Å². The first kappa shape index (κ1) is 15.7. The monoisotopic (exact) mass is 341 g/mol. The predicted octanol–water partition coefficient (Wildman–Crippen LogP) is 5.11. The van der Waals surface area contributed by atoms with Crippen molar-refractivity contribution < 1.29 is 4.57 Å². The van der Waals surface area contributed by atoms with Gasteiger partial charge in [0.05, 0.1) is 18.8 Å². The zero-order valence-electron chi connectivity index (χ0n) is 15.6. The highest BCUT2D eigenvalue weighted by atomic mass is 15.0. The van der Waals surface area contributed by atoms with Crippen LogP contribution in [-0.2, 0) is 13.5 Å². The molecule has 0 aliphatic heterocycles. The van der Waals surface area contributed by atoms with Crippen LogP contribution in [0.15, 0.2) is 48.7 Å². The van der Waals surface area contributed by atoms with E-state index in [1.165, 1.54) is 59.2 Å². The molecule has 5 rings (SSSR count). The van der Waals surface area contributed by atoms with Crippen molar-refractivity contribution in [2.24, 2.45) is 7.05 Å². The fraction of sp³-hybridized carbons (Fsp3) is 0.333. The number of benzene rings is 2. The summed E-state index contributed by atoms with van der Waals surface area (Å²) in [6.07, 6.45) is 8.79. The molecule has 1 aromatic heterocycles. The van der Waals surface area contributed by atoms with Crippen LogP contribution in [0.4, 0.5) is 0 Å². The number of aryl methyl sites for hydroxylation is 2. The van der Waals surface area contributed by atoms with Crippen LogP contribution < -0.4 is 4.57 Å². The molecular formula is C24H25N2+. The summed E-state index contributed by atoms with van der Waals surface area (Å²) in [6.45, 7) is 2.16. The lowest BCUT2D eigenvalue weighted by Crippen LogP contribution is -2.33. The van der Waals surface area contributed by atoms with Gasteiger partial charge in [0.25, 0.3) is 0 Å². The van der Waals surface area contributed by atoms with E-state index in [9.17, 15) is 0 Å². The maximum Gasteiger partial charge on any atom is 0.331 e. The Labute approximate surface area is 155 Å². The van der Waals surface area contributed by atoms with Crippen molar-refractivity contribution in [2.45, 2.75) is 44.9 Å². The third-order valence-corrected chi connectivity index (χ3v) is 6.22. The summed E-state index contributed by atoms with van der Waals surface area (Å²) in [5, 5.41) is 0. The van der Waals surface area contributed by atoms with E-state index in [-0.39, 0.29) is 0 Å². The van der Waals surface area contributed by atoms with Gasteiger partial charge in [-0.25, -0.2) is 4.57 Å². The van der Waals surface area contributed by atoms with Crippen molar-refractivity contribution in [3.8, 4) is 22.6 Å². The summed E-state index contributed by atoms with van der Waals surface area (Å²) >= 11 is 0. The number of nitrogens with zero attached hydrogens (tertiary/aromatic N) is 2. The molecule has 1 fully saturated rings. The first-order valence-corrected chi connectivity index (χ1v) is 9.80. The Morgan fingerprint density at radius 2 is 1.73 bits per heavy atom. The van der Waals surface area contributed by atoms with Gasteiger partial charge in [-0.15, -0.1) is 0 Å². The first-order chi connectivity index (χ1) is 12.7. The molecule has 130 valence electrons. The predicted molar refractivity (Wildman–Crippen MR) is 105 cm³/mol. The fourth-order valence-electron chi connectivity index (χ4n) is 4.88. The van der Waals surface area contributed by atoms with Gasteiger partial charge < -0.3 is 0 Å². The lowest BCUT2D eigenvalue weighted by molar-refractivity contribution is -0.663. The van der Waals surface area contributed by atoms with Crippen LogP contribution in [0.3, 0.4) is 0 Å². The molecule has 2 aliphatic rings. The van der Waals surface area contributed by atoms with Crippen LogP contribution in [0, 0.1) is 6.92 Å². The van der Waals surface area contributed by atoms with E-state index in [0.29, 0.717) is 0 Å². The Bertz CT molecular complexity index is 997. The second-order valence-electron chi connectivity index (χ2n) is 7.90. The van der Waals surface area contributed by atoms with Crippen molar-refractivity contribution in [3.05, 3.63) is 70.9 Å². The molecule has 2 aromatic carbocycles. The largest absolute Gasteiger partial charge is 0.331 e. The van der Waals surface area contributed by atoms with Gasteiger partial charge in [0, 0.05) is 17.5 Å². The SMILES string of the molecule is Cc1ccccc1-c1nc2c(c[n+]1C)Cc1c-2cccc1C1CCCC1. The quantitative estimate of drug-likeness (QED) is 0.463. The molecule has 0 amide bonds. The van der Waals surface area contributed by atoms with Crippen LogP contribution in [-0.4, -0.2) is 4.98 Å². The highest BCUT2D eigenvalue weighted by Crippen LogP contribution is 2.43. The minimum atomic E-state index is 0.754. The topological polar surface area (TPSA) is 16.8 Å². The van der Waals surface area contributed by atoms with Gasteiger partial charge in [-0.2, -0.15) is 0 Å². The molecule has 0 N–H and O–H groups in total. The van der Waals surface area contributed by atoms with Crippen LogP contribution in [0.25, 0.3) is 22.6 Å². The highest BCUT2D eigenvalue weighted by molar-refractivity contribution is 5.76. The summed E-state index contributed by atoms with van der Waals surface area (Å²) in [5.74, 6) is 1.81. The standard InChI is InChI=1S/C24H25N2/c1-16-8-3-6-11-19(16)24-25-23-18(15-26(24)2)14-22-20(12-7-13-21(22)23)17-9-4-5-10-17/h3,6-8,11-13,15,17H,4-5,9-10,14H2,1-2H3/q+1. The smallest absolute Gasteiger partial charge is 0.233 e. The average molecular weight is 341 g/mol. The van der Waals surface area contributed by atoms with E-state index >= 15 is 0 Å². The molecule has 1 saturated carbocycles. The van der Waals surface area contributed by atoms with Crippen molar-refractivity contribution in [3.63, 3.8) is 0 Å². The molecule has 0 spiro atoms. The van der Waals surface area contributed by atoms with E-state index in [4.69, 9.17) is 4.98 Å². The number of aromatic nitrogens is 2. The molecule has 0 radical (unpaired) electrons. The maximum atomic E-state index is 5.16. The molecule has 2 heteroatoms. The molecule has 2 aliphatic carbocycles. The lowest BCUT2D eigenvalue weighted by Gasteiger charge is -2.14. The van der Waals surface area contributed by atoms with Gasteiger partial charge in [-0.05, 0) is 53.4 Å². The van der Waals surface area contributed by atoms with Crippen LogP contribution in [0.5, 0.6) is 0 Å². The zero-order chi connectivity index (χ0) is 17.7. The summed E-state index contributed by atoms with van der Waals surface area (Å²) in [7, 11) is 2.12. The minimum absolute atomic E-state index is 0.754. The third-order valence-electron chi connectivity index (χ3n) is 6.22. The lowest BCUT2D eigenvalue weighted by atomic mass is 9.90. The second-order valence-corrected chi connectivity index (χ2v) is 7.90. The fourth-order valence-corrected chi connectivity index (χ4v) is 4.88. The number of rotatable bonds is 2. The Hall–Kier alpha value is -2.48. The van der Waals surface area contributed by atoms with E-state index in [1.54, 1.807) is 5.56 Å². The van der Waals surface area contributed by atoms with Gasteiger partial charge >= 0.3 is 5.82 Å². The highest BCUT2D eigenvalue weighted by Gasteiger charge is 2.32. The molecule has 0 unspecified atom stereocenters. The van der Waals surface area contributed by atoms with E-state index < -0.39 is 0 Å². The van der Waals surface area contributed by atoms with E-state index in [2.05, 4.69) is 67.2 Å². The molecule has 26 heavy (non-hydrogen) atoms. The number of hydrogen-bond donors (Lipinski definition) is 0. The molecule has 3 aromatic rings. The Balaban J connectivity index is 1.66. The van der Waals surface area contributed by atoms with Crippen LogP contribution in [0.1, 0.15) is 53.9 Å². The Morgan fingerprint density at radius 3 is 2.54 bits per heavy atom. The average Bonchev–Trinajstić information content (AvgIpc) is 3.29. The van der Waals surface area contributed by atoms with Crippen molar-refractivity contribution in [2.75, 3.05) is 0 Å². The Morgan fingerprint density at radius 1 is 0.962 bits per heavy atom. The van der Waals surface area contributed by atoms with Gasteiger partial charge in [0.2, 0.25) is 0 Å². The minimum Gasteiger partial charge on any atom is -0.233 e. The maximum absolute atomic E-state index is 5.16. The summed E-state index contributed by atoms with van der Waals surface area (Å²) in [4.78, 5) is 5.16. The van der Waals surface area contributed by atoms with Gasteiger partial charge in [-0.1, -0.05) is 49.2 Å². The van der Waals surface area contributed by atoms with E-state index in [0.717, 1.165) is 18.2 Å². The summed E-state index contributed by atoms with van der Waals surface area (Å²) in [5.41, 5.74) is 9.52. The molecule has 0 bridgehead atoms. The summed E-state index contributed by atoms with van der Waals surface area (Å²) < 4.78 is 2.20. The molecular weight excluding hydrogens is 316 g/mol.